The molecule has 0 atom stereocenters. The number of hydrogen-bond donors (Lipinski definition) is 0. The van der Waals surface area contributed by atoms with E-state index in [2.05, 4.69) is 4.18 Å². The van der Waals surface area contributed by atoms with Crippen molar-refractivity contribution < 1.29 is 8.98 Å². The van der Waals surface area contributed by atoms with E-state index in [1.54, 1.807) is 0 Å². The highest BCUT2D eigenvalue weighted by Crippen LogP contribution is 2.10. The molecule has 0 saturated heterocycles. The van der Waals surface area contributed by atoms with Crippen LogP contribution in [0.3, 0.4) is 0 Å². The fourth-order valence-electron chi connectivity index (χ4n) is 0.629. The quantitative estimate of drug-likeness (QED) is 0.509. The molecule has 0 saturated carbocycles. The highest BCUT2D eigenvalue weighted by atomic mass is 32.2. The van der Waals surface area contributed by atoms with Gasteiger partial charge in [0, 0.05) is 20.0 Å². The summed E-state index contributed by atoms with van der Waals surface area (Å²) in [6.07, 6.45) is 0. The maximum absolute atomic E-state index is 10.4. The van der Waals surface area contributed by atoms with Crippen molar-refractivity contribution in [2.24, 2.45) is 0 Å². The van der Waals surface area contributed by atoms with Crippen LogP contribution in [-0.4, -0.2) is 28.3 Å². The Hall–Kier alpha value is -0.290. The number of carbonyl (C=O) groups excluding carboxylic acids is 1. The molecule has 0 aliphatic carbocycles. The van der Waals surface area contributed by atoms with Gasteiger partial charge in [-0.05, 0) is 26.1 Å². The molecule has 0 N–H and O–H groups in total. The van der Waals surface area contributed by atoms with Crippen LogP contribution in [-0.2, 0) is 8.98 Å². The van der Waals surface area contributed by atoms with Gasteiger partial charge in [0.25, 0.3) is 0 Å². The van der Waals surface area contributed by atoms with E-state index in [0.29, 0.717) is 4.32 Å². The van der Waals surface area contributed by atoms with Gasteiger partial charge >= 0.3 is 5.97 Å². The number of carbonyl (C=O) groups is 1. The van der Waals surface area contributed by atoms with Crippen LogP contribution >= 0.6 is 24.3 Å². The van der Waals surface area contributed by atoms with E-state index in [0.717, 1.165) is 25.1 Å². The molecule has 70 valence electrons. The van der Waals surface area contributed by atoms with Crippen molar-refractivity contribution >= 4 is 34.6 Å². The molecule has 12 heavy (non-hydrogen) atoms. The maximum Gasteiger partial charge on any atom is 0.315 e. The van der Waals surface area contributed by atoms with Crippen molar-refractivity contribution in [2.45, 2.75) is 20.8 Å². The summed E-state index contributed by atoms with van der Waals surface area (Å²) in [6.45, 7) is 7.04. The normalized spacial score (nSPS) is 9.25. The lowest BCUT2D eigenvalue weighted by Crippen LogP contribution is -2.26. The molecule has 0 spiro atoms. The van der Waals surface area contributed by atoms with Gasteiger partial charge in [-0.3, -0.25) is 4.79 Å². The van der Waals surface area contributed by atoms with Crippen LogP contribution < -0.4 is 0 Å². The van der Waals surface area contributed by atoms with Crippen molar-refractivity contribution in [1.82, 2.24) is 4.90 Å². The molecule has 0 amide bonds. The second kappa shape index (κ2) is 6.25. The lowest BCUT2D eigenvalue weighted by Gasteiger charge is -2.19. The number of hydrogen-bond acceptors (Lipinski definition) is 4. The third-order valence-corrected chi connectivity index (χ3v) is 2.43. The molecule has 0 fully saturated rings. The van der Waals surface area contributed by atoms with E-state index in [1.165, 1.54) is 6.92 Å². The predicted molar refractivity (Wildman–Crippen MR) is 54.9 cm³/mol. The van der Waals surface area contributed by atoms with Crippen LogP contribution in [0.25, 0.3) is 0 Å². The Morgan fingerprint density at radius 1 is 1.50 bits per heavy atom. The average Bonchev–Trinajstić information content (AvgIpc) is 2.03. The van der Waals surface area contributed by atoms with Crippen LogP contribution in [0.1, 0.15) is 20.8 Å². The number of rotatable bonds is 2. The molecule has 0 aromatic carbocycles. The van der Waals surface area contributed by atoms with Gasteiger partial charge < -0.3 is 9.08 Å². The Bertz CT molecular complexity index is 169. The van der Waals surface area contributed by atoms with Gasteiger partial charge in [-0.1, -0.05) is 0 Å². The van der Waals surface area contributed by atoms with Crippen molar-refractivity contribution in [3.05, 3.63) is 0 Å². The van der Waals surface area contributed by atoms with E-state index in [1.807, 2.05) is 18.7 Å². The van der Waals surface area contributed by atoms with Crippen molar-refractivity contribution in [1.29, 1.82) is 0 Å². The van der Waals surface area contributed by atoms with E-state index in [-0.39, 0.29) is 5.97 Å². The van der Waals surface area contributed by atoms with Gasteiger partial charge in [0.15, 0.2) is 4.32 Å². The first-order chi connectivity index (χ1) is 5.61. The SMILES string of the molecule is CCN(CC)C(=S)SOC(C)=O. The predicted octanol–water partition coefficient (Wildman–Crippen LogP) is 1.82. The molecule has 0 aromatic heterocycles. The Kier molecular flexibility index (Phi) is 6.10. The van der Waals surface area contributed by atoms with E-state index in [9.17, 15) is 4.79 Å². The van der Waals surface area contributed by atoms with Gasteiger partial charge in [-0.15, -0.1) is 0 Å². The van der Waals surface area contributed by atoms with Gasteiger partial charge in [-0.25, -0.2) is 0 Å². The zero-order chi connectivity index (χ0) is 9.56. The van der Waals surface area contributed by atoms with E-state index in [4.69, 9.17) is 12.2 Å². The minimum Gasteiger partial charge on any atom is -0.384 e. The van der Waals surface area contributed by atoms with Crippen molar-refractivity contribution in [3.63, 3.8) is 0 Å². The summed E-state index contributed by atoms with van der Waals surface area (Å²) in [5, 5.41) is 0. The van der Waals surface area contributed by atoms with Crippen molar-refractivity contribution in [3.8, 4) is 0 Å². The first-order valence-electron chi connectivity index (χ1n) is 3.75. The highest BCUT2D eigenvalue weighted by Gasteiger charge is 2.07. The third-order valence-electron chi connectivity index (χ3n) is 1.25. The lowest BCUT2D eigenvalue weighted by molar-refractivity contribution is -0.130. The summed E-state index contributed by atoms with van der Waals surface area (Å²) in [4.78, 5) is 12.4. The Labute approximate surface area is 82.7 Å². The maximum atomic E-state index is 10.4. The number of thiocarbonyl (C=S) groups is 1. The second-order valence-electron chi connectivity index (χ2n) is 2.10. The van der Waals surface area contributed by atoms with E-state index < -0.39 is 0 Å². The summed E-state index contributed by atoms with van der Waals surface area (Å²) in [7, 11) is 0. The van der Waals surface area contributed by atoms with E-state index >= 15 is 0 Å². The molecule has 0 unspecified atom stereocenters. The summed E-state index contributed by atoms with van der Waals surface area (Å²) in [5.74, 6) is -0.325. The van der Waals surface area contributed by atoms with Crippen LogP contribution in [0.5, 0.6) is 0 Å². The zero-order valence-corrected chi connectivity index (χ0v) is 9.13. The minimum atomic E-state index is -0.325. The molecule has 0 rings (SSSR count). The summed E-state index contributed by atoms with van der Waals surface area (Å²) in [6, 6.07) is 0. The smallest absolute Gasteiger partial charge is 0.315 e. The first-order valence-corrected chi connectivity index (χ1v) is 4.90. The molecular weight excluding hydrogens is 194 g/mol. The molecule has 5 heteroatoms. The molecule has 0 aliphatic heterocycles. The average molecular weight is 207 g/mol. The van der Waals surface area contributed by atoms with Gasteiger partial charge in [0.2, 0.25) is 0 Å². The summed E-state index contributed by atoms with van der Waals surface area (Å²) < 4.78 is 5.29. The van der Waals surface area contributed by atoms with Crippen molar-refractivity contribution in [2.75, 3.05) is 13.1 Å². The van der Waals surface area contributed by atoms with Crippen LogP contribution in [0.2, 0.25) is 0 Å². The summed E-state index contributed by atoms with van der Waals surface area (Å²) in [5.41, 5.74) is 0. The van der Waals surface area contributed by atoms with Crippen LogP contribution in [0, 0.1) is 0 Å². The molecule has 0 aliphatic rings. The standard InChI is InChI=1S/C7H13NO2S2/c1-4-8(5-2)7(11)12-10-6(3)9/h4-5H2,1-3H3. The Balaban J connectivity index is 3.77. The monoisotopic (exact) mass is 207 g/mol. The van der Waals surface area contributed by atoms with Gasteiger partial charge in [-0.2, -0.15) is 0 Å². The minimum absolute atomic E-state index is 0.325. The van der Waals surface area contributed by atoms with Gasteiger partial charge in [0.1, 0.15) is 12.0 Å². The molecular formula is C7H13NO2S2. The van der Waals surface area contributed by atoms with Gasteiger partial charge in [0.05, 0.1) is 0 Å². The zero-order valence-electron chi connectivity index (χ0n) is 7.49. The fraction of sp³-hybridized carbons (Fsp3) is 0.714. The number of nitrogens with zero attached hydrogens (tertiary/aromatic N) is 1. The lowest BCUT2D eigenvalue weighted by atomic mass is 10.6. The molecule has 0 bridgehead atoms. The molecule has 0 radical (unpaired) electrons. The third kappa shape index (κ3) is 4.56. The Morgan fingerprint density at radius 2 is 2.00 bits per heavy atom. The largest absolute Gasteiger partial charge is 0.384 e. The van der Waals surface area contributed by atoms with Crippen LogP contribution in [0.4, 0.5) is 0 Å². The Morgan fingerprint density at radius 3 is 2.33 bits per heavy atom. The fourth-order valence-corrected chi connectivity index (χ4v) is 1.54. The molecule has 0 heterocycles. The first kappa shape index (κ1) is 11.7. The summed E-state index contributed by atoms with van der Waals surface area (Å²) >= 11 is 5.95. The molecule has 0 aromatic rings. The topological polar surface area (TPSA) is 29.5 Å². The highest BCUT2D eigenvalue weighted by molar-refractivity contribution is 8.20. The second-order valence-corrected chi connectivity index (χ2v) is 3.46. The van der Waals surface area contributed by atoms with Crippen LogP contribution in [0.15, 0.2) is 0 Å². The molecule has 3 nitrogen and oxygen atoms in total.